The van der Waals surface area contributed by atoms with Gasteiger partial charge in [0.25, 0.3) is 0 Å². The molecule has 0 N–H and O–H groups in total. The maximum absolute atomic E-state index is 11.3. The second-order valence-corrected chi connectivity index (χ2v) is 5.00. The van der Waals surface area contributed by atoms with Gasteiger partial charge in [-0.1, -0.05) is 72.8 Å². The Bertz CT molecular complexity index is 582. The molecular weight excluding hydrogens is 244 g/mol. The summed E-state index contributed by atoms with van der Waals surface area (Å²) in [4.78, 5) is 11.3. The average Bonchev–Trinajstić information content (AvgIpc) is 2.52. The fraction of sp³-hybridized carbons (Fsp3) is 0.105. The van der Waals surface area contributed by atoms with Crippen molar-refractivity contribution >= 4 is 5.78 Å². The third-order valence-electron chi connectivity index (χ3n) is 3.67. The van der Waals surface area contributed by atoms with E-state index in [9.17, 15) is 4.79 Å². The molecule has 1 aliphatic rings. The molecule has 0 atom stereocenters. The van der Waals surface area contributed by atoms with Gasteiger partial charge in [-0.05, 0) is 23.3 Å². The highest BCUT2D eigenvalue weighted by Crippen LogP contribution is 2.34. The van der Waals surface area contributed by atoms with Crippen LogP contribution in [0.4, 0.5) is 0 Å². The number of hydrogen-bond acceptors (Lipinski definition) is 1. The van der Waals surface area contributed by atoms with Crippen molar-refractivity contribution in [2.24, 2.45) is 5.92 Å². The van der Waals surface area contributed by atoms with Crippen molar-refractivity contribution in [3.63, 3.8) is 0 Å². The molecule has 2 aromatic rings. The van der Waals surface area contributed by atoms with Gasteiger partial charge in [-0.25, -0.2) is 0 Å². The van der Waals surface area contributed by atoms with Crippen LogP contribution in [-0.4, -0.2) is 5.78 Å². The summed E-state index contributed by atoms with van der Waals surface area (Å²) < 4.78 is 0. The lowest BCUT2D eigenvalue weighted by molar-refractivity contribution is -0.110. The van der Waals surface area contributed by atoms with E-state index in [0.717, 1.165) is 0 Å². The van der Waals surface area contributed by atoms with Crippen LogP contribution in [0.15, 0.2) is 85.0 Å². The molecule has 0 heterocycles. The zero-order chi connectivity index (χ0) is 13.8. The van der Waals surface area contributed by atoms with Crippen LogP contribution in [0, 0.1) is 5.92 Å². The van der Waals surface area contributed by atoms with E-state index in [4.69, 9.17) is 0 Å². The molecule has 0 bridgehead atoms. The van der Waals surface area contributed by atoms with E-state index in [0.29, 0.717) is 0 Å². The quantitative estimate of drug-likeness (QED) is 0.811. The molecule has 1 nitrogen and oxygen atoms in total. The smallest absolute Gasteiger partial charge is 0.178 e. The van der Waals surface area contributed by atoms with Crippen molar-refractivity contribution in [1.29, 1.82) is 0 Å². The van der Waals surface area contributed by atoms with E-state index in [1.807, 2.05) is 24.3 Å². The molecule has 0 saturated heterocycles. The van der Waals surface area contributed by atoms with Gasteiger partial charge in [0.1, 0.15) is 0 Å². The molecule has 0 fully saturated rings. The number of benzene rings is 2. The summed E-state index contributed by atoms with van der Waals surface area (Å²) in [6, 6.07) is 20.9. The fourth-order valence-corrected chi connectivity index (χ4v) is 2.71. The number of hydrogen-bond donors (Lipinski definition) is 0. The first kappa shape index (κ1) is 12.6. The van der Waals surface area contributed by atoms with E-state index in [1.54, 1.807) is 12.2 Å². The highest BCUT2D eigenvalue weighted by molar-refractivity contribution is 6.00. The van der Waals surface area contributed by atoms with Crippen molar-refractivity contribution in [2.45, 2.75) is 5.92 Å². The summed E-state index contributed by atoms with van der Waals surface area (Å²) in [5.41, 5.74) is 2.54. The summed E-state index contributed by atoms with van der Waals surface area (Å²) in [5.74, 6) is 0.539. The second-order valence-electron chi connectivity index (χ2n) is 5.00. The van der Waals surface area contributed by atoms with Crippen LogP contribution in [0.2, 0.25) is 0 Å². The molecule has 0 spiro atoms. The van der Waals surface area contributed by atoms with Crippen LogP contribution in [0.25, 0.3) is 0 Å². The van der Waals surface area contributed by atoms with Crippen LogP contribution in [0.3, 0.4) is 0 Å². The molecule has 0 aromatic heterocycles. The summed E-state index contributed by atoms with van der Waals surface area (Å²) in [7, 11) is 0. The lowest BCUT2D eigenvalue weighted by Crippen LogP contribution is -2.13. The second kappa shape index (κ2) is 5.70. The molecular formula is C19H16O. The van der Waals surface area contributed by atoms with Gasteiger partial charge >= 0.3 is 0 Å². The lowest BCUT2D eigenvalue weighted by atomic mass is 9.79. The first-order valence-electron chi connectivity index (χ1n) is 6.85. The molecule has 20 heavy (non-hydrogen) atoms. The van der Waals surface area contributed by atoms with Crippen molar-refractivity contribution in [1.82, 2.24) is 0 Å². The number of carbonyl (C=O) groups excluding carboxylic acids is 1. The molecule has 0 saturated carbocycles. The standard InChI is InChI=1S/C19H16O/c20-18-13-11-17(12-14-18)19(15-7-3-1-4-8-15)16-9-5-2-6-10-16/h1-14,17,19H. The number of carbonyl (C=O) groups is 1. The highest BCUT2D eigenvalue weighted by Gasteiger charge is 2.22. The zero-order valence-electron chi connectivity index (χ0n) is 11.1. The molecule has 3 rings (SSSR count). The predicted octanol–water partition coefficient (Wildman–Crippen LogP) is 4.13. The van der Waals surface area contributed by atoms with Gasteiger partial charge in [0, 0.05) is 11.8 Å². The Morgan fingerprint density at radius 3 is 1.60 bits per heavy atom. The van der Waals surface area contributed by atoms with Crippen LogP contribution in [0.5, 0.6) is 0 Å². The van der Waals surface area contributed by atoms with Gasteiger partial charge < -0.3 is 0 Å². The third-order valence-corrected chi connectivity index (χ3v) is 3.67. The largest absolute Gasteiger partial charge is 0.290 e. The Morgan fingerprint density at radius 1 is 0.700 bits per heavy atom. The minimum atomic E-state index is 0.0705. The van der Waals surface area contributed by atoms with Crippen molar-refractivity contribution in [3.8, 4) is 0 Å². The Hall–Kier alpha value is -2.41. The Balaban J connectivity index is 2.03. The first-order chi connectivity index (χ1) is 9.84. The maximum Gasteiger partial charge on any atom is 0.178 e. The van der Waals surface area contributed by atoms with E-state index >= 15 is 0 Å². The Morgan fingerprint density at radius 2 is 1.15 bits per heavy atom. The Kier molecular flexibility index (Phi) is 3.60. The van der Waals surface area contributed by atoms with Crippen molar-refractivity contribution in [2.75, 3.05) is 0 Å². The summed E-state index contributed by atoms with van der Waals surface area (Å²) >= 11 is 0. The first-order valence-corrected chi connectivity index (χ1v) is 6.85. The van der Waals surface area contributed by atoms with Crippen LogP contribution >= 0.6 is 0 Å². The van der Waals surface area contributed by atoms with Gasteiger partial charge in [0.2, 0.25) is 0 Å². The molecule has 0 radical (unpaired) electrons. The minimum absolute atomic E-state index is 0.0705. The number of allylic oxidation sites excluding steroid dienone is 4. The summed E-state index contributed by atoms with van der Waals surface area (Å²) in [5, 5.41) is 0. The SMILES string of the molecule is O=C1C=CC(C(c2ccccc2)c2ccccc2)C=C1. The summed E-state index contributed by atoms with van der Waals surface area (Å²) in [6.45, 7) is 0. The van der Waals surface area contributed by atoms with Gasteiger partial charge in [-0.3, -0.25) is 4.79 Å². The van der Waals surface area contributed by atoms with E-state index in [-0.39, 0.29) is 17.6 Å². The highest BCUT2D eigenvalue weighted by atomic mass is 16.1. The van der Waals surface area contributed by atoms with Crippen LogP contribution < -0.4 is 0 Å². The Labute approximate surface area is 119 Å². The predicted molar refractivity (Wildman–Crippen MR) is 81.5 cm³/mol. The molecule has 0 unspecified atom stereocenters. The maximum atomic E-state index is 11.3. The van der Waals surface area contributed by atoms with E-state index < -0.39 is 0 Å². The topological polar surface area (TPSA) is 17.1 Å². The van der Waals surface area contributed by atoms with E-state index in [2.05, 4.69) is 48.5 Å². The average molecular weight is 260 g/mol. The monoisotopic (exact) mass is 260 g/mol. The van der Waals surface area contributed by atoms with E-state index in [1.165, 1.54) is 11.1 Å². The zero-order valence-corrected chi connectivity index (χ0v) is 11.1. The number of rotatable bonds is 3. The summed E-state index contributed by atoms with van der Waals surface area (Å²) in [6.07, 6.45) is 7.35. The molecule has 1 heteroatoms. The van der Waals surface area contributed by atoms with Gasteiger partial charge in [-0.2, -0.15) is 0 Å². The van der Waals surface area contributed by atoms with Crippen molar-refractivity contribution < 1.29 is 4.79 Å². The van der Waals surface area contributed by atoms with Crippen LogP contribution in [0.1, 0.15) is 17.0 Å². The molecule has 0 amide bonds. The van der Waals surface area contributed by atoms with Gasteiger partial charge in [0.15, 0.2) is 5.78 Å². The fourth-order valence-electron chi connectivity index (χ4n) is 2.71. The molecule has 98 valence electrons. The molecule has 1 aliphatic carbocycles. The van der Waals surface area contributed by atoms with Gasteiger partial charge in [0.05, 0.1) is 0 Å². The lowest BCUT2D eigenvalue weighted by Gasteiger charge is -2.24. The minimum Gasteiger partial charge on any atom is -0.290 e. The normalized spacial score (nSPS) is 14.9. The molecule has 0 aliphatic heterocycles. The van der Waals surface area contributed by atoms with Crippen LogP contribution in [-0.2, 0) is 4.79 Å². The third kappa shape index (κ3) is 2.62. The van der Waals surface area contributed by atoms with Crippen molar-refractivity contribution in [3.05, 3.63) is 96.1 Å². The molecule has 2 aromatic carbocycles. The number of ketones is 1. The van der Waals surface area contributed by atoms with Gasteiger partial charge in [-0.15, -0.1) is 0 Å².